The van der Waals surface area contributed by atoms with Crippen LogP contribution in [0.4, 0.5) is 21.1 Å². The Balaban J connectivity index is 1.42. The van der Waals surface area contributed by atoms with Crippen molar-refractivity contribution in [2.75, 3.05) is 30.4 Å². The molecule has 4 heterocycles. The molecule has 0 saturated carbocycles. The number of imidazole rings is 1. The molecule has 222 valence electrons. The van der Waals surface area contributed by atoms with Crippen LogP contribution in [0.25, 0.3) is 22.3 Å². The fourth-order valence-corrected chi connectivity index (χ4v) is 5.31. The number of carbonyl (C=O) groups excluding carboxylic acids is 1. The van der Waals surface area contributed by atoms with E-state index >= 15 is 4.39 Å². The van der Waals surface area contributed by atoms with Gasteiger partial charge in [-0.2, -0.15) is 0 Å². The number of aliphatic hydroxyl groups excluding tert-OH is 1. The molecule has 0 spiro atoms. The molecule has 2 fully saturated rings. The van der Waals surface area contributed by atoms with E-state index in [4.69, 9.17) is 21.1 Å². The molecule has 4 atom stereocenters. The van der Waals surface area contributed by atoms with Crippen molar-refractivity contribution in [1.29, 1.82) is 0 Å². The Morgan fingerprint density at radius 3 is 2.66 bits per heavy atom. The summed E-state index contributed by atoms with van der Waals surface area (Å²) in [6, 6.07) is 2.64. The van der Waals surface area contributed by atoms with Gasteiger partial charge in [-0.05, 0) is 60.1 Å². The van der Waals surface area contributed by atoms with Gasteiger partial charge in [0, 0.05) is 24.8 Å². The minimum absolute atomic E-state index is 0.0531. The standard InChI is InChI=1S/C28H37ClFN7O4/c1-14(2)37-21-10-16(23-17(29)11-31-25(34-23)32-19-7-8-40-13-22(19)38)9-18(30)24(21)35-26(37)33-20-12-36(15(20)3)27(39)41-28(4,5)6/h9-11,14-15,19-20,22,38H,7-8,12-13H2,1-6H3,(H,33,35)(H,31,32,34)/t15-,19+,20+,22+/m0/s1. The maximum absolute atomic E-state index is 15.6. The number of anilines is 2. The summed E-state index contributed by atoms with van der Waals surface area (Å²) in [7, 11) is 0. The van der Waals surface area contributed by atoms with Gasteiger partial charge in [0.05, 0.1) is 53.3 Å². The summed E-state index contributed by atoms with van der Waals surface area (Å²) in [6.45, 7) is 12.6. The van der Waals surface area contributed by atoms with Crippen molar-refractivity contribution in [2.45, 2.75) is 83.8 Å². The number of likely N-dealkylation sites (tertiary alicyclic amines) is 1. The minimum Gasteiger partial charge on any atom is -0.444 e. The van der Waals surface area contributed by atoms with Crippen molar-refractivity contribution >= 4 is 40.6 Å². The summed E-state index contributed by atoms with van der Waals surface area (Å²) < 4.78 is 28.3. The third-order valence-corrected chi connectivity index (χ3v) is 7.61. The van der Waals surface area contributed by atoms with Gasteiger partial charge < -0.3 is 34.7 Å². The van der Waals surface area contributed by atoms with E-state index in [9.17, 15) is 9.90 Å². The van der Waals surface area contributed by atoms with Gasteiger partial charge in [-0.25, -0.2) is 24.1 Å². The average Bonchev–Trinajstić information content (AvgIpc) is 3.26. The number of carbonyl (C=O) groups is 1. The highest BCUT2D eigenvalue weighted by atomic mass is 35.5. The monoisotopic (exact) mass is 589 g/mol. The Labute approximate surface area is 243 Å². The van der Waals surface area contributed by atoms with E-state index in [1.54, 1.807) is 4.90 Å². The number of aromatic nitrogens is 4. The second-order valence-corrected chi connectivity index (χ2v) is 12.3. The molecule has 3 N–H and O–H groups in total. The summed E-state index contributed by atoms with van der Waals surface area (Å²) in [5.41, 5.74) is 1.05. The number of hydrogen-bond acceptors (Lipinski definition) is 9. The maximum atomic E-state index is 15.6. The van der Waals surface area contributed by atoms with Gasteiger partial charge in [-0.15, -0.1) is 0 Å². The Bertz CT molecular complexity index is 1440. The molecule has 5 rings (SSSR count). The largest absolute Gasteiger partial charge is 0.444 e. The lowest BCUT2D eigenvalue weighted by molar-refractivity contribution is -0.0136. The molecule has 0 bridgehead atoms. The molecule has 11 nitrogen and oxygen atoms in total. The summed E-state index contributed by atoms with van der Waals surface area (Å²) in [6.07, 6.45) is 1.00. The number of hydrogen-bond donors (Lipinski definition) is 3. The van der Waals surface area contributed by atoms with Gasteiger partial charge in [0.1, 0.15) is 11.1 Å². The van der Waals surface area contributed by atoms with Crippen LogP contribution in [0, 0.1) is 5.82 Å². The maximum Gasteiger partial charge on any atom is 0.410 e. The van der Waals surface area contributed by atoms with Crippen LogP contribution in [0.2, 0.25) is 5.02 Å². The topological polar surface area (TPSA) is 127 Å². The van der Waals surface area contributed by atoms with E-state index in [0.717, 1.165) is 0 Å². The summed E-state index contributed by atoms with van der Waals surface area (Å²) in [5.74, 6) is 0.279. The van der Waals surface area contributed by atoms with Crippen molar-refractivity contribution in [1.82, 2.24) is 24.4 Å². The normalized spacial score (nSPS) is 23.0. The highest BCUT2D eigenvalue weighted by molar-refractivity contribution is 6.33. The number of nitrogens with zero attached hydrogens (tertiary/aromatic N) is 5. The minimum atomic E-state index is -0.693. The number of amides is 1. The van der Waals surface area contributed by atoms with Gasteiger partial charge in [0.15, 0.2) is 5.82 Å². The van der Waals surface area contributed by atoms with Crippen molar-refractivity contribution in [2.24, 2.45) is 0 Å². The third-order valence-electron chi connectivity index (χ3n) is 7.33. The molecule has 2 aliphatic rings. The molecule has 0 aliphatic carbocycles. The first-order chi connectivity index (χ1) is 19.3. The number of benzene rings is 1. The SMILES string of the molecule is CC(C)n1c(N[C@@H]2CN(C(=O)OC(C)(C)C)[C@H]2C)nc2c(F)cc(-c3nc(N[C@@H]4CCOC[C@H]4O)ncc3Cl)cc21. The van der Waals surface area contributed by atoms with E-state index in [0.29, 0.717) is 42.3 Å². The fraction of sp³-hybridized carbons (Fsp3) is 0.571. The van der Waals surface area contributed by atoms with Crippen LogP contribution in [0.5, 0.6) is 0 Å². The van der Waals surface area contributed by atoms with Crippen LogP contribution in [-0.4, -0.2) is 85.2 Å². The molecule has 3 aromatic rings. The highest BCUT2D eigenvalue weighted by Gasteiger charge is 2.41. The first kappa shape index (κ1) is 29.3. The number of halogens is 2. The average molecular weight is 590 g/mol. The molecule has 41 heavy (non-hydrogen) atoms. The summed E-state index contributed by atoms with van der Waals surface area (Å²) in [4.78, 5) is 27.6. The van der Waals surface area contributed by atoms with E-state index in [-0.39, 0.29) is 53.4 Å². The van der Waals surface area contributed by atoms with Crippen molar-refractivity contribution < 1.29 is 23.8 Å². The molecule has 2 aliphatic heterocycles. The lowest BCUT2D eigenvalue weighted by atomic mass is 9.99. The number of aliphatic hydroxyl groups is 1. The van der Waals surface area contributed by atoms with Gasteiger partial charge >= 0.3 is 6.09 Å². The van der Waals surface area contributed by atoms with Gasteiger partial charge in [0.25, 0.3) is 0 Å². The lowest BCUT2D eigenvalue weighted by Gasteiger charge is -2.46. The van der Waals surface area contributed by atoms with E-state index in [1.807, 2.05) is 52.2 Å². The highest BCUT2D eigenvalue weighted by Crippen LogP contribution is 2.35. The van der Waals surface area contributed by atoms with Crippen LogP contribution < -0.4 is 10.6 Å². The Kier molecular flexibility index (Phi) is 8.01. The molecular formula is C28H37ClFN7O4. The predicted molar refractivity (Wildman–Crippen MR) is 155 cm³/mol. The van der Waals surface area contributed by atoms with Gasteiger partial charge in [-0.3, -0.25) is 0 Å². The second-order valence-electron chi connectivity index (χ2n) is 11.9. The van der Waals surface area contributed by atoms with E-state index in [2.05, 4.69) is 25.6 Å². The molecule has 13 heteroatoms. The van der Waals surface area contributed by atoms with Crippen LogP contribution in [0.15, 0.2) is 18.3 Å². The number of fused-ring (bicyclic) bond motifs is 1. The smallest absolute Gasteiger partial charge is 0.410 e. The van der Waals surface area contributed by atoms with E-state index < -0.39 is 17.5 Å². The zero-order valence-electron chi connectivity index (χ0n) is 24.1. The molecule has 2 saturated heterocycles. The summed E-state index contributed by atoms with van der Waals surface area (Å²) >= 11 is 6.48. The lowest BCUT2D eigenvalue weighted by Crippen LogP contribution is -2.64. The van der Waals surface area contributed by atoms with Crippen LogP contribution in [0.3, 0.4) is 0 Å². The molecule has 0 radical (unpaired) electrons. The molecule has 2 aromatic heterocycles. The molecule has 0 unspecified atom stereocenters. The van der Waals surface area contributed by atoms with Crippen molar-refractivity contribution in [3.8, 4) is 11.3 Å². The Hall–Kier alpha value is -3.22. The van der Waals surface area contributed by atoms with Gasteiger partial charge in [-0.1, -0.05) is 11.6 Å². The van der Waals surface area contributed by atoms with Crippen molar-refractivity contribution in [3.63, 3.8) is 0 Å². The van der Waals surface area contributed by atoms with Gasteiger partial charge in [0.2, 0.25) is 11.9 Å². The number of rotatable bonds is 6. The fourth-order valence-electron chi connectivity index (χ4n) is 5.11. The second kappa shape index (κ2) is 11.2. The van der Waals surface area contributed by atoms with Crippen LogP contribution >= 0.6 is 11.6 Å². The van der Waals surface area contributed by atoms with Crippen LogP contribution in [0.1, 0.15) is 54.0 Å². The summed E-state index contributed by atoms with van der Waals surface area (Å²) in [5, 5.41) is 17.1. The third kappa shape index (κ3) is 6.05. The molecular weight excluding hydrogens is 553 g/mol. The van der Waals surface area contributed by atoms with Crippen LogP contribution in [-0.2, 0) is 9.47 Å². The molecule has 1 amide bonds. The first-order valence-corrected chi connectivity index (χ1v) is 14.2. The zero-order chi connectivity index (χ0) is 29.6. The number of ether oxygens (including phenoxy) is 2. The quantitative estimate of drug-likeness (QED) is 0.370. The first-order valence-electron chi connectivity index (χ1n) is 13.8. The zero-order valence-corrected chi connectivity index (χ0v) is 24.9. The Morgan fingerprint density at radius 1 is 1.24 bits per heavy atom. The number of nitrogens with one attached hydrogen (secondary N) is 2. The Morgan fingerprint density at radius 2 is 2.00 bits per heavy atom. The van der Waals surface area contributed by atoms with E-state index in [1.165, 1.54) is 12.3 Å². The molecule has 1 aromatic carbocycles. The predicted octanol–water partition coefficient (Wildman–Crippen LogP) is 4.85. The van der Waals surface area contributed by atoms with Crippen molar-refractivity contribution in [3.05, 3.63) is 29.2 Å².